The van der Waals surface area contributed by atoms with Gasteiger partial charge in [-0.2, -0.15) is 0 Å². The maximum absolute atomic E-state index is 9.49. The van der Waals surface area contributed by atoms with Crippen LogP contribution in [0.3, 0.4) is 0 Å². The number of aromatic hydroxyl groups is 1. The van der Waals surface area contributed by atoms with Gasteiger partial charge in [-0.1, -0.05) is 18.2 Å². The Balaban J connectivity index is 2.65. The Hall–Kier alpha value is -1.13. The van der Waals surface area contributed by atoms with Crippen molar-refractivity contribution in [3.8, 4) is 11.6 Å². The van der Waals surface area contributed by atoms with Crippen LogP contribution >= 0.6 is 23.6 Å². The Bertz CT molecular complexity index is 458. The number of nitrogens with zero attached hydrogens (tertiary/aromatic N) is 1. The van der Waals surface area contributed by atoms with Crippen LogP contribution < -0.4 is 0 Å². The molecular weight excluding hydrogens is 202 g/mol. The maximum Gasteiger partial charge on any atom is 0.207 e. The van der Waals surface area contributed by atoms with Gasteiger partial charge in [-0.25, -0.2) is 0 Å². The first-order valence-corrected chi connectivity index (χ1v) is 5.03. The minimum absolute atomic E-state index is 0.196. The zero-order valence-electron chi connectivity index (χ0n) is 6.68. The van der Waals surface area contributed by atoms with Crippen molar-refractivity contribution < 1.29 is 5.11 Å². The predicted octanol–water partition coefficient (Wildman–Crippen LogP) is 2.97. The molecule has 1 aromatic heterocycles. The van der Waals surface area contributed by atoms with Crippen LogP contribution in [-0.4, -0.2) is 9.67 Å². The number of hydrogen-bond donors (Lipinski definition) is 1. The van der Waals surface area contributed by atoms with Crippen molar-refractivity contribution in [3.63, 3.8) is 0 Å². The first-order chi connectivity index (χ1) is 6.29. The summed E-state index contributed by atoms with van der Waals surface area (Å²) in [6.45, 7) is 0. The molecule has 2 nitrogen and oxygen atoms in total. The second-order valence-electron chi connectivity index (χ2n) is 2.53. The molecule has 0 saturated heterocycles. The molecule has 0 aliphatic carbocycles. The lowest BCUT2D eigenvalue weighted by Gasteiger charge is -2.02. The van der Waals surface area contributed by atoms with Gasteiger partial charge in [0.05, 0.1) is 11.1 Å². The van der Waals surface area contributed by atoms with Gasteiger partial charge in [0.2, 0.25) is 5.88 Å². The molecule has 0 unspecified atom stereocenters. The minimum atomic E-state index is 0.196. The van der Waals surface area contributed by atoms with Gasteiger partial charge in [-0.15, -0.1) is 11.3 Å². The summed E-state index contributed by atoms with van der Waals surface area (Å²) in [6.07, 6.45) is 0. The van der Waals surface area contributed by atoms with Gasteiger partial charge in [0.25, 0.3) is 0 Å². The Labute approximate surface area is 84.7 Å². The third-order valence-electron chi connectivity index (χ3n) is 1.69. The van der Waals surface area contributed by atoms with Gasteiger partial charge in [0.15, 0.2) is 3.95 Å². The highest BCUT2D eigenvalue weighted by Gasteiger charge is 2.02. The van der Waals surface area contributed by atoms with E-state index in [2.05, 4.69) is 0 Å². The fourth-order valence-electron chi connectivity index (χ4n) is 1.12. The van der Waals surface area contributed by atoms with Gasteiger partial charge >= 0.3 is 0 Å². The summed E-state index contributed by atoms with van der Waals surface area (Å²) in [5, 5.41) is 11.1. The molecule has 1 heterocycles. The fraction of sp³-hybridized carbons (Fsp3) is 0. The highest BCUT2D eigenvalue weighted by atomic mass is 32.1. The van der Waals surface area contributed by atoms with E-state index in [0.717, 1.165) is 5.69 Å². The highest BCUT2D eigenvalue weighted by Crippen LogP contribution is 2.22. The number of rotatable bonds is 1. The number of benzene rings is 1. The fourth-order valence-corrected chi connectivity index (χ4v) is 2.08. The van der Waals surface area contributed by atoms with Crippen LogP contribution in [0.4, 0.5) is 0 Å². The molecule has 0 spiro atoms. The molecule has 0 amide bonds. The van der Waals surface area contributed by atoms with Crippen molar-refractivity contribution in [2.24, 2.45) is 0 Å². The maximum atomic E-state index is 9.49. The van der Waals surface area contributed by atoms with Gasteiger partial charge in [0, 0.05) is 0 Å². The number of hydrogen-bond acceptors (Lipinski definition) is 3. The van der Waals surface area contributed by atoms with Crippen LogP contribution in [0.2, 0.25) is 0 Å². The quantitative estimate of drug-likeness (QED) is 0.730. The monoisotopic (exact) mass is 209 g/mol. The van der Waals surface area contributed by atoms with Crippen molar-refractivity contribution in [1.29, 1.82) is 0 Å². The van der Waals surface area contributed by atoms with Crippen molar-refractivity contribution in [2.45, 2.75) is 0 Å². The predicted molar refractivity (Wildman–Crippen MR) is 56.1 cm³/mol. The smallest absolute Gasteiger partial charge is 0.207 e. The van der Waals surface area contributed by atoms with E-state index in [9.17, 15) is 5.11 Å². The Morgan fingerprint density at radius 1 is 1.23 bits per heavy atom. The van der Waals surface area contributed by atoms with Crippen molar-refractivity contribution in [2.75, 3.05) is 0 Å². The van der Waals surface area contributed by atoms with Crippen molar-refractivity contribution in [3.05, 3.63) is 39.7 Å². The SMILES string of the molecule is Oc1csc(=S)n1-c1ccccc1. The molecule has 4 heteroatoms. The third kappa shape index (κ3) is 1.50. The molecular formula is C9H7NOS2. The standard InChI is InChI=1S/C9H7NOS2/c11-8-6-13-9(12)10(8)7-4-2-1-3-5-7/h1-6,11H. The van der Waals surface area contributed by atoms with E-state index < -0.39 is 0 Å². The van der Waals surface area contributed by atoms with E-state index in [4.69, 9.17) is 12.2 Å². The molecule has 0 aliphatic rings. The topological polar surface area (TPSA) is 25.2 Å². The van der Waals surface area contributed by atoms with Gasteiger partial charge in [-0.3, -0.25) is 4.57 Å². The lowest BCUT2D eigenvalue weighted by atomic mass is 10.3. The van der Waals surface area contributed by atoms with Crippen molar-refractivity contribution >= 4 is 23.6 Å². The minimum Gasteiger partial charge on any atom is -0.494 e. The zero-order valence-corrected chi connectivity index (χ0v) is 8.31. The molecule has 0 radical (unpaired) electrons. The summed E-state index contributed by atoms with van der Waals surface area (Å²) in [5.74, 6) is 0.196. The lowest BCUT2D eigenvalue weighted by molar-refractivity contribution is 0.442. The second kappa shape index (κ2) is 3.32. The van der Waals surface area contributed by atoms with E-state index in [1.54, 1.807) is 9.95 Å². The third-order valence-corrected chi connectivity index (χ3v) is 2.88. The number of thiazole rings is 1. The highest BCUT2D eigenvalue weighted by molar-refractivity contribution is 7.73. The second-order valence-corrected chi connectivity index (χ2v) is 4.03. The van der Waals surface area contributed by atoms with E-state index in [-0.39, 0.29) is 5.88 Å². The van der Waals surface area contributed by atoms with E-state index >= 15 is 0 Å². The zero-order chi connectivity index (χ0) is 9.26. The molecule has 2 rings (SSSR count). The van der Waals surface area contributed by atoms with Crippen LogP contribution in [0.15, 0.2) is 35.7 Å². The van der Waals surface area contributed by atoms with E-state index in [1.807, 2.05) is 30.3 Å². The summed E-state index contributed by atoms with van der Waals surface area (Å²) < 4.78 is 2.30. The van der Waals surface area contributed by atoms with Crippen LogP contribution in [-0.2, 0) is 0 Å². The molecule has 0 aliphatic heterocycles. The van der Waals surface area contributed by atoms with Gasteiger partial charge in [0.1, 0.15) is 0 Å². The summed E-state index contributed by atoms with van der Waals surface area (Å²) in [6, 6.07) is 9.56. The molecule has 0 saturated carbocycles. The first kappa shape index (κ1) is 8.47. The molecule has 1 N–H and O–H groups in total. The molecule has 0 fully saturated rings. The van der Waals surface area contributed by atoms with Gasteiger partial charge < -0.3 is 5.11 Å². The van der Waals surface area contributed by atoms with Crippen LogP contribution in [0.1, 0.15) is 0 Å². The molecule has 0 bridgehead atoms. The summed E-state index contributed by atoms with van der Waals surface area (Å²) in [7, 11) is 0. The molecule has 66 valence electrons. The molecule has 0 atom stereocenters. The Morgan fingerprint density at radius 2 is 1.92 bits per heavy atom. The number of aromatic nitrogens is 1. The van der Waals surface area contributed by atoms with Crippen LogP contribution in [0.5, 0.6) is 5.88 Å². The number of para-hydroxylation sites is 1. The largest absolute Gasteiger partial charge is 0.494 e. The average molecular weight is 209 g/mol. The summed E-state index contributed by atoms with van der Waals surface area (Å²) >= 11 is 6.43. The Kier molecular flexibility index (Phi) is 2.16. The van der Waals surface area contributed by atoms with Crippen molar-refractivity contribution in [1.82, 2.24) is 4.57 Å². The normalized spacial score (nSPS) is 10.2. The molecule has 1 aromatic carbocycles. The lowest BCUT2D eigenvalue weighted by Crippen LogP contribution is -1.90. The average Bonchev–Trinajstić information content (AvgIpc) is 2.48. The molecule has 2 aromatic rings. The Morgan fingerprint density at radius 3 is 2.46 bits per heavy atom. The van der Waals surface area contributed by atoms with Crippen LogP contribution in [0, 0.1) is 3.95 Å². The summed E-state index contributed by atoms with van der Waals surface area (Å²) in [4.78, 5) is 0. The summed E-state index contributed by atoms with van der Waals surface area (Å²) in [5.41, 5.74) is 0.895. The van der Waals surface area contributed by atoms with E-state index in [0.29, 0.717) is 3.95 Å². The molecule has 13 heavy (non-hydrogen) atoms. The van der Waals surface area contributed by atoms with Gasteiger partial charge in [-0.05, 0) is 24.4 Å². The first-order valence-electron chi connectivity index (χ1n) is 3.74. The van der Waals surface area contributed by atoms with Crippen LogP contribution in [0.25, 0.3) is 5.69 Å². The van der Waals surface area contributed by atoms with E-state index in [1.165, 1.54) is 11.3 Å².